The molecule has 0 fully saturated rings. The molecule has 0 aliphatic heterocycles. The highest BCUT2D eigenvalue weighted by Gasteiger charge is 2.05. The number of nitrogens with zero attached hydrogens (tertiary/aromatic N) is 1. The summed E-state index contributed by atoms with van der Waals surface area (Å²) >= 11 is 0. The van der Waals surface area contributed by atoms with E-state index in [-0.39, 0.29) is 5.91 Å². The Morgan fingerprint density at radius 3 is 2.08 bits per heavy atom. The van der Waals surface area contributed by atoms with E-state index < -0.39 is 0 Å². The lowest BCUT2D eigenvalue weighted by Crippen LogP contribution is -2.17. The van der Waals surface area contributed by atoms with Gasteiger partial charge in [-0.1, -0.05) is 80.6 Å². The fourth-order valence-electron chi connectivity index (χ4n) is 2.64. The van der Waals surface area contributed by atoms with Crippen LogP contribution in [0.2, 0.25) is 0 Å². The van der Waals surface area contributed by atoms with E-state index in [9.17, 15) is 4.79 Å². The summed E-state index contributed by atoms with van der Waals surface area (Å²) in [6, 6.07) is 25.7. The average molecular weight is 342 g/mol. The Labute approximate surface area is 154 Å². The third-order valence-corrected chi connectivity index (χ3v) is 4.24. The third-order valence-electron chi connectivity index (χ3n) is 4.24. The maximum absolute atomic E-state index is 12.2. The fraction of sp³-hybridized carbons (Fsp3) is 0.130. The van der Waals surface area contributed by atoms with Crippen LogP contribution in [0.1, 0.15) is 41.3 Å². The summed E-state index contributed by atoms with van der Waals surface area (Å²) < 4.78 is 0. The largest absolute Gasteiger partial charge is 0.271 e. The van der Waals surface area contributed by atoms with E-state index in [4.69, 9.17) is 0 Å². The Bertz CT molecular complexity index is 880. The summed E-state index contributed by atoms with van der Waals surface area (Å²) in [5.41, 5.74) is 7.60. The van der Waals surface area contributed by atoms with Gasteiger partial charge >= 0.3 is 0 Å². The molecule has 0 atom stereocenters. The molecule has 0 saturated carbocycles. The molecule has 1 amide bonds. The average Bonchev–Trinajstić information content (AvgIpc) is 2.69. The van der Waals surface area contributed by atoms with E-state index in [1.165, 1.54) is 5.56 Å². The molecule has 3 aromatic rings. The smallest absolute Gasteiger partial charge is 0.267 e. The molecule has 3 aromatic carbocycles. The Morgan fingerprint density at radius 2 is 1.46 bits per heavy atom. The van der Waals surface area contributed by atoms with E-state index >= 15 is 0 Å². The molecule has 0 aliphatic rings. The van der Waals surface area contributed by atoms with Crippen LogP contribution in [0.4, 0.5) is 0 Å². The van der Waals surface area contributed by atoms with E-state index in [2.05, 4.69) is 36.5 Å². The number of carbonyl (C=O) groups excluding carboxylic acids is 1. The number of nitrogens with one attached hydrogen (secondary N) is 1. The van der Waals surface area contributed by atoms with E-state index in [0.29, 0.717) is 11.5 Å². The van der Waals surface area contributed by atoms with Crippen molar-refractivity contribution in [3.8, 4) is 11.1 Å². The van der Waals surface area contributed by atoms with Crippen molar-refractivity contribution >= 4 is 12.1 Å². The van der Waals surface area contributed by atoms with Crippen molar-refractivity contribution in [3.63, 3.8) is 0 Å². The van der Waals surface area contributed by atoms with Crippen molar-refractivity contribution in [1.29, 1.82) is 0 Å². The zero-order chi connectivity index (χ0) is 18.4. The second-order valence-corrected chi connectivity index (χ2v) is 6.46. The lowest BCUT2D eigenvalue weighted by atomic mass is 10.0. The zero-order valence-corrected chi connectivity index (χ0v) is 15.0. The van der Waals surface area contributed by atoms with Crippen molar-refractivity contribution in [2.75, 3.05) is 0 Å². The minimum absolute atomic E-state index is 0.223. The van der Waals surface area contributed by atoms with Gasteiger partial charge in [-0.05, 0) is 40.3 Å². The Balaban J connectivity index is 1.61. The molecule has 0 aliphatic carbocycles. The van der Waals surface area contributed by atoms with Gasteiger partial charge in [0.25, 0.3) is 5.91 Å². The van der Waals surface area contributed by atoms with Crippen LogP contribution in [-0.2, 0) is 0 Å². The summed E-state index contributed by atoms with van der Waals surface area (Å²) in [7, 11) is 0. The zero-order valence-electron chi connectivity index (χ0n) is 15.0. The Morgan fingerprint density at radius 1 is 0.846 bits per heavy atom. The quantitative estimate of drug-likeness (QED) is 0.500. The number of amides is 1. The van der Waals surface area contributed by atoms with Gasteiger partial charge in [0.1, 0.15) is 0 Å². The highest BCUT2D eigenvalue weighted by atomic mass is 16.2. The van der Waals surface area contributed by atoms with Gasteiger partial charge in [-0.3, -0.25) is 4.79 Å². The SMILES string of the molecule is CC(C)c1ccc(C=NNC(=O)c2ccc(-c3ccccc3)cc2)cc1. The molecule has 0 radical (unpaired) electrons. The van der Waals surface area contributed by atoms with Crippen LogP contribution < -0.4 is 5.43 Å². The number of hydrazone groups is 1. The first-order chi connectivity index (χ1) is 12.6. The third kappa shape index (κ3) is 4.45. The summed E-state index contributed by atoms with van der Waals surface area (Å²) in [6.07, 6.45) is 1.65. The van der Waals surface area contributed by atoms with Gasteiger partial charge in [-0.15, -0.1) is 0 Å². The molecule has 1 N–H and O–H groups in total. The van der Waals surface area contributed by atoms with Crippen LogP contribution in [0, 0.1) is 0 Å². The fourth-order valence-corrected chi connectivity index (χ4v) is 2.64. The molecule has 130 valence electrons. The molecule has 0 heterocycles. The number of benzene rings is 3. The normalized spacial score (nSPS) is 11.0. The van der Waals surface area contributed by atoms with Gasteiger partial charge in [-0.2, -0.15) is 5.10 Å². The summed E-state index contributed by atoms with van der Waals surface area (Å²) in [4.78, 5) is 12.2. The first-order valence-corrected chi connectivity index (χ1v) is 8.72. The molecule has 3 nitrogen and oxygen atoms in total. The molecule has 0 saturated heterocycles. The van der Waals surface area contributed by atoms with Gasteiger partial charge in [0.05, 0.1) is 6.21 Å². The van der Waals surface area contributed by atoms with Gasteiger partial charge in [0.2, 0.25) is 0 Å². The molecular formula is C23H22N2O. The molecule has 3 heteroatoms. The van der Waals surface area contributed by atoms with Crippen LogP contribution in [-0.4, -0.2) is 12.1 Å². The number of rotatable bonds is 5. The Kier molecular flexibility index (Phi) is 5.59. The molecule has 3 rings (SSSR count). The Hall–Kier alpha value is -3.20. The first-order valence-electron chi connectivity index (χ1n) is 8.72. The predicted molar refractivity (Wildman–Crippen MR) is 107 cm³/mol. The summed E-state index contributed by atoms with van der Waals surface area (Å²) in [5, 5.41) is 4.05. The minimum Gasteiger partial charge on any atom is -0.267 e. The molecule has 26 heavy (non-hydrogen) atoms. The first kappa shape index (κ1) is 17.6. The van der Waals surface area contributed by atoms with Gasteiger partial charge < -0.3 is 0 Å². The van der Waals surface area contributed by atoms with Crippen LogP contribution >= 0.6 is 0 Å². The molecule has 0 aromatic heterocycles. The maximum atomic E-state index is 12.2. The van der Waals surface area contributed by atoms with Crippen molar-refractivity contribution in [1.82, 2.24) is 5.43 Å². The van der Waals surface area contributed by atoms with E-state index in [1.54, 1.807) is 6.21 Å². The van der Waals surface area contributed by atoms with E-state index in [0.717, 1.165) is 16.7 Å². The van der Waals surface area contributed by atoms with Gasteiger partial charge in [0.15, 0.2) is 0 Å². The van der Waals surface area contributed by atoms with Crippen molar-refractivity contribution in [2.24, 2.45) is 5.10 Å². The lowest BCUT2D eigenvalue weighted by molar-refractivity contribution is 0.0955. The van der Waals surface area contributed by atoms with Crippen LogP contribution in [0.25, 0.3) is 11.1 Å². The second-order valence-electron chi connectivity index (χ2n) is 6.46. The minimum atomic E-state index is -0.223. The van der Waals surface area contributed by atoms with Crippen LogP contribution in [0.15, 0.2) is 84.0 Å². The highest BCUT2D eigenvalue weighted by Crippen LogP contribution is 2.19. The van der Waals surface area contributed by atoms with Crippen LogP contribution in [0.3, 0.4) is 0 Å². The molecule has 0 bridgehead atoms. The standard InChI is InChI=1S/C23H22N2O/c1-17(2)19-10-8-18(9-11-19)16-24-25-23(26)22-14-12-21(13-15-22)20-6-4-3-5-7-20/h3-17H,1-2H3,(H,25,26). The van der Waals surface area contributed by atoms with Gasteiger partial charge in [-0.25, -0.2) is 5.43 Å². The molecule has 0 spiro atoms. The van der Waals surface area contributed by atoms with Crippen LogP contribution in [0.5, 0.6) is 0 Å². The van der Waals surface area contributed by atoms with Crippen molar-refractivity contribution in [2.45, 2.75) is 19.8 Å². The number of hydrogen-bond donors (Lipinski definition) is 1. The number of carbonyl (C=O) groups is 1. The van der Waals surface area contributed by atoms with Crippen molar-refractivity contribution < 1.29 is 4.79 Å². The summed E-state index contributed by atoms with van der Waals surface area (Å²) in [6.45, 7) is 4.32. The monoisotopic (exact) mass is 342 g/mol. The predicted octanol–water partition coefficient (Wildman–Crippen LogP) is 5.24. The van der Waals surface area contributed by atoms with Crippen molar-refractivity contribution in [3.05, 3.63) is 95.6 Å². The van der Waals surface area contributed by atoms with Gasteiger partial charge in [0, 0.05) is 5.56 Å². The highest BCUT2D eigenvalue weighted by molar-refractivity contribution is 5.95. The maximum Gasteiger partial charge on any atom is 0.271 e. The summed E-state index contributed by atoms with van der Waals surface area (Å²) in [5.74, 6) is 0.277. The van der Waals surface area contributed by atoms with E-state index in [1.807, 2.05) is 66.7 Å². The number of hydrogen-bond acceptors (Lipinski definition) is 2. The lowest BCUT2D eigenvalue weighted by Gasteiger charge is -2.05. The molecular weight excluding hydrogens is 320 g/mol. The second kappa shape index (κ2) is 8.26. The molecule has 0 unspecified atom stereocenters. The topological polar surface area (TPSA) is 41.5 Å².